The van der Waals surface area contributed by atoms with Crippen molar-refractivity contribution in [3.63, 3.8) is 0 Å². The molecular formula is C10H17NO3. The summed E-state index contributed by atoms with van der Waals surface area (Å²) < 4.78 is 4.92. The quantitative estimate of drug-likeness (QED) is 0.604. The molecule has 80 valence electrons. The lowest BCUT2D eigenvalue weighted by Crippen LogP contribution is -2.37. The predicted molar refractivity (Wildman–Crippen MR) is 50.7 cm³/mol. The maximum atomic E-state index is 11.3. The van der Waals surface area contributed by atoms with Gasteiger partial charge < -0.3 is 9.84 Å². The maximum Gasteiger partial charge on any atom is 0.323 e. The standard InChI is InChI=1S/C10H17NO3/c1-10(2)6-11(5-8(10)12)7-3-4-14-9(7)13/h7-8,12H,3-6H2,1-2H3. The Morgan fingerprint density at radius 2 is 2.29 bits per heavy atom. The van der Waals surface area contributed by atoms with Crippen LogP contribution < -0.4 is 0 Å². The van der Waals surface area contributed by atoms with E-state index in [4.69, 9.17) is 4.74 Å². The molecule has 0 amide bonds. The van der Waals surface area contributed by atoms with Crippen LogP contribution in [0.3, 0.4) is 0 Å². The minimum Gasteiger partial charge on any atom is -0.464 e. The minimum absolute atomic E-state index is 0.108. The Hall–Kier alpha value is -0.610. The number of aliphatic hydroxyl groups excluding tert-OH is 1. The second kappa shape index (κ2) is 3.21. The first kappa shape index (κ1) is 9.93. The minimum atomic E-state index is -0.337. The molecule has 0 aliphatic carbocycles. The molecule has 1 N–H and O–H groups in total. The van der Waals surface area contributed by atoms with Crippen LogP contribution in [0.1, 0.15) is 20.3 Å². The first-order valence-corrected chi connectivity index (χ1v) is 5.09. The number of carbonyl (C=O) groups is 1. The lowest BCUT2D eigenvalue weighted by molar-refractivity contribution is -0.142. The Morgan fingerprint density at radius 1 is 1.57 bits per heavy atom. The first-order chi connectivity index (χ1) is 6.50. The van der Waals surface area contributed by atoms with Crippen molar-refractivity contribution in [3.05, 3.63) is 0 Å². The smallest absolute Gasteiger partial charge is 0.323 e. The number of rotatable bonds is 1. The summed E-state index contributed by atoms with van der Waals surface area (Å²) >= 11 is 0. The molecule has 0 aromatic heterocycles. The molecule has 2 heterocycles. The van der Waals surface area contributed by atoms with Gasteiger partial charge in [0.25, 0.3) is 0 Å². The molecule has 0 aromatic rings. The highest BCUT2D eigenvalue weighted by Gasteiger charge is 2.44. The number of carbonyl (C=O) groups excluding carboxylic acids is 1. The molecule has 2 unspecified atom stereocenters. The number of hydrogen-bond donors (Lipinski definition) is 1. The molecule has 2 rings (SSSR count). The number of hydrogen-bond acceptors (Lipinski definition) is 4. The van der Waals surface area contributed by atoms with E-state index >= 15 is 0 Å². The number of nitrogens with zero attached hydrogens (tertiary/aromatic N) is 1. The van der Waals surface area contributed by atoms with E-state index in [9.17, 15) is 9.90 Å². The SMILES string of the molecule is CC1(C)CN(C2CCOC2=O)CC1O. The van der Waals surface area contributed by atoms with Crippen molar-refractivity contribution in [1.29, 1.82) is 0 Å². The van der Waals surface area contributed by atoms with Crippen LogP contribution in [0, 0.1) is 5.41 Å². The van der Waals surface area contributed by atoms with Gasteiger partial charge in [-0.3, -0.25) is 9.69 Å². The van der Waals surface area contributed by atoms with Gasteiger partial charge in [-0.1, -0.05) is 13.8 Å². The summed E-state index contributed by atoms with van der Waals surface area (Å²) in [6, 6.07) is -0.119. The highest BCUT2D eigenvalue weighted by Crippen LogP contribution is 2.32. The van der Waals surface area contributed by atoms with E-state index in [2.05, 4.69) is 0 Å². The lowest BCUT2D eigenvalue weighted by atomic mass is 9.90. The van der Waals surface area contributed by atoms with Crippen LogP contribution >= 0.6 is 0 Å². The summed E-state index contributed by atoms with van der Waals surface area (Å²) in [7, 11) is 0. The molecule has 2 aliphatic rings. The van der Waals surface area contributed by atoms with E-state index in [0.29, 0.717) is 13.2 Å². The van der Waals surface area contributed by atoms with Crippen molar-refractivity contribution in [2.75, 3.05) is 19.7 Å². The molecule has 2 saturated heterocycles. The Balaban J connectivity index is 2.04. The molecule has 2 aliphatic heterocycles. The second-order valence-electron chi connectivity index (χ2n) is 4.91. The zero-order valence-electron chi connectivity index (χ0n) is 8.69. The topological polar surface area (TPSA) is 49.8 Å². The van der Waals surface area contributed by atoms with Gasteiger partial charge in [0.1, 0.15) is 6.04 Å². The van der Waals surface area contributed by atoms with E-state index in [1.54, 1.807) is 0 Å². The fourth-order valence-electron chi connectivity index (χ4n) is 2.22. The molecule has 14 heavy (non-hydrogen) atoms. The van der Waals surface area contributed by atoms with E-state index in [-0.39, 0.29) is 23.5 Å². The first-order valence-electron chi connectivity index (χ1n) is 5.09. The summed E-state index contributed by atoms with van der Waals surface area (Å²) in [5.74, 6) is -0.130. The van der Waals surface area contributed by atoms with Crippen molar-refractivity contribution in [1.82, 2.24) is 4.90 Å². The monoisotopic (exact) mass is 199 g/mol. The number of cyclic esters (lactones) is 1. The zero-order valence-corrected chi connectivity index (χ0v) is 8.69. The number of ether oxygens (including phenoxy) is 1. The van der Waals surface area contributed by atoms with E-state index in [1.807, 2.05) is 18.7 Å². The molecule has 0 aromatic carbocycles. The average molecular weight is 199 g/mol. The summed E-state index contributed by atoms with van der Waals surface area (Å²) in [5.41, 5.74) is -0.108. The predicted octanol–water partition coefficient (Wildman–Crippen LogP) is 0.00460. The summed E-state index contributed by atoms with van der Waals surface area (Å²) in [5, 5.41) is 9.78. The fourth-order valence-corrected chi connectivity index (χ4v) is 2.22. The van der Waals surface area contributed by atoms with E-state index in [0.717, 1.165) is 13.0 Å². The van der Waals surface area contributed by atoms with E-state index < -0.39 is 0 Å². The van der Waals surface area contributed by atoms with Crippen LogP contribution in [-0.4, -0.2) is 47.8 Å². The fraction of sp³-hybridized carbons (Fsp3) is 0.900. The van der Waals surface area contributed by atoms with Gasteiger partial charge in [-0.25, -0.2) is 0 Å². The Labute approximate surface area is 83.8 Å². The molecule has 2 atom stereocenters. The highest BCUT2D eigenvalue weighted by atomic mass is 16.5. The summed E-state index contributed by atoms with van der Waals surface area (Å²) in [6.45, 7) is 5.94. The normalized spacial score (nSPS) is 37.5. The Morgan fingerprint density at radius 3 is 2.71 bits per heavy atom. The third-order valence-corrected chi connectivity index (χ3v) is 3.27. The zero-order chi connectivity index (χ0) is 10.3. The van der Waals surface area contributed by atoms with Gasteiger partial charge in [0.05, 0.1) is 12.7 Å². The van der Waals surface area contributed by atoms with E-state index in [1.165, 1.54) is 0 Å². The largest absolute Gasteiger partial charge is 0.464 e. The molecule has 0 saturated carbocycles. The molecule has 4 heteroatoms. The number of aliphatic hydroxyl groups is 1. The number of esters is 1. The van der Waals surface area contributed by atoms with Gasteiger partial charge >= 0.3 is 5.97 Å². The Bertz CT molecular complexity index is 252. The van der Waals surface area contributed by atoms with Gasteiger partial charge in [-0.05, 0) is 0 Å². The van der Waals surface area contributed by atoms with Crippen molar-refractivity contribution in [2.24, 2.45) is 5.41 Å². The van der Waals surface area contributed by atoms with Crippen LogP contribution in [-0.2, 0) is 9.53 Å². The third-order valence-electron chi connectivity index (χ3n) is 3.27. The molecule has 0 radical (unpaired) electrons. The van der Waals surface area contributed by atoms with Gasteiger partial charge in [-0.2, -0.15) is 0 Å². The second-order valence-corrected chi connectivity index (χ2v) is 4.91. The molecule has 0 bridgehead atoms. The van der Waals surface area contributed by atoms with Gasteiger partial charge in [0.15, 0.2) is 0 Å². The van der Waals surface area contributed by atoms with Crippen LogP contribution in [0.15, 0.2) is 0 Å². The van der Waals surface area contributed by atoms with Crippen LogP contribution in [0.4, 0.5) is 0 Å². The van der Waals surface area contributed by atoms with Crippen molar-refractivity contribution in [3.8, 4) is 0 Å². The van der Waals surface area contributed by atoms with Crippen LogP contribution in [0.25, 0.3) is 0 Å². The third kappa shape index (κ3) is 1.53. The summed E-state index contributed by atoms with van der Waals surface area (Å²) in [4.78, 5) is 13.4. The maximum absolute atomic E-state index is 11.3. The van der Waals surface area contributed by atoms with Crippen molar-refractivity contribution < 1.29 is 14.6 Å². The van der Waals surface area contributed by atoms with Crippen LogP contribution in [0.5, 0.6) is 0 Å². The number of likely N-dealkylation sites (tertiary alicyclic amines) is 1. The van der Waals surface area contributed by atoms with Gasteiger partial charge in [0.2, 0.25) is 0 Å². The summed E-state index contributed by atoms with van der Waals surface area (Å²) in [6.07, 6.45) is 0.428. The highest BCUT2D eigenvalue weighted by molar-refractivity contribution is 5.77. The van der Waals surface area contributed by atoms with Crippen LogP contribution in [0.2, 0.25) is 0 Å². The molecule has 0 spiro atoms. The van der Waals surface area contributed by atoms with Gasteiger partial charge in [0, 0.05) is 24.9 Å². The van der Waals surface area contributed by atoms with Gasteiger partial charge in [-0.15, -0.1) is 0 Å². The number of β-amino-alcohol motifs (C(OH)–C–C–N with tert-alkyl or cyclic N) is 1. The Kier molecular flexibility index (Phi) is 2.27. The molecule has 2 fully saturated rings. The average Bonchev–Trinajstić information content (AvgIpc) is 2.58. The van der Waals surface area contributed by atoms with Crippen molar-refractivity contribution in [2.45, 2.75) is 32.4 Å². The van der Waals surface area contributed by atoms with Crippen molar-refractivity contribution >= 4 is 5.97 Å². The lowest BCUT2D eigenvalue weighted by Gasteiger charge is -2.22. The molecule has 4 nitrogen and oxygen atoms in total. The molecular weight excluding hydrogens is 182 g/mol.